The first kappa shape index (κ1) is 10.0. The minimum atomic E-state index is -0.176. The first-order valence-corrected chi connectivity index (χ1v) is 3.46. The highest BCUT2D eigenvalue weighted by Gasteiger charge is 2.07. The molecule has 0 aliphatic carbocycles. The third kappa shape index (κ3) is 4.85. The number of ether oxygens (including phenoxy) is 1. The van der Waals surface area contributed by atoms with Crippen LogP contribution in [-0.4, -0.2) is 46.3 Å². The van der Waals surface area contributed by atoms with Crippen molar-refractivity contribution >= 4 is 15.9 Å². The molecule has 0 aromatic heterocycles. The summed E-state index contributed by atoms with van der Waals surface area (Å²) in [6.45, 7) is 2.40. The summed E-state index contributed by atoms with van der Waals surface area (Å²) in [5.41, 5.74) is 0. The monoisotopic (exact) mass is 144 g/mol. The summed E-state index contributed by atoms with van der Waals surface area (Å²) in [5.74, 6) is 0. The predicted molar refractivity (Wildman–Crippen MR) is 44.5 cm³/mol. The van der Waals surface area contributed by atoms with Crippen molar-refractivity contribution in [3.05, 3.63) is 0 Å². The van der Waals surface area contributed by atoms with E-state index in [0.29, 0.717) is 6.61 Å². The first-order chi connectivity index (χ1) is 4.70. The van der Waals surface area contributed by atoms with Crippen molar-refractivity contribution in [2.24, 2.45) is 0 Å². The zero-order valence-electron chi connectivity index (χ0n) is 6.83. The van der Waals surface area contributed by atoms with Gasteiger partial charge in [0.1, 0.15) is 14.0 Å². The molecule has 3 nitrogen and oxygen atoms in total. The van der Waals surface area contributed by atoms with Gasteiger partial charge in [0.05, 0.1) is 13.2 Å². The zero-order valence-corrected chi connectivity index (χ0v) is 6.83. The average Bonchev–Trinajstić information content (AvgIpc) is 1.86. The molecule has 0 spiro atoms. The molecule has 0 fully saturated rings. The number of hydrogen-bond acceptors (Lipinski definition) is 3. The summed E-state index contributed by atoms with van der Waals surface area (Å²) in [7, 11) is 3.52. The van der Waals surface area contributed by atoms with E-state index in [0.717, 1.165) is 0 Å². The van der Waals surface area contributed by atoms with Crippen LogP contribution in [0.4, 0.5) is 0 Å². The second-order valence-corrected chi connectivity index (χ2v) is 2.44. The van der Waals surface area contributed by atoms with Crippen LogP contribution in [0.15, 0.2) is 0 Å². The van der Waals surface area contributed by atoms with Gasteiger partial charge in [-0.25, -0.2) is 0 Å². The van der Waals surface area contributed by atoms with Crippen molar-refractivity contribution in [3.8, 4) is 0 Å². The van der Waals surface area contributed by atoms with Crippen LogP contribution in [0, 0.1) is 0 Å². The van der Waals surface area contributed by atoms with Gasteiger partial charge in [-0.3, -0.25) is 0 Å². The second kappa shape index (κ2) is 5.77. The molecule has 0 radical (unpaired) electrons. The van der Waals surface area contributed by atoms with Crippen LogP contribution in [0.25, 0.3) is 0 Å². The van der Waals surface area contributed by atoms with E-state index in [2.05, 4.69) is 0 Å². The molecule has 0 aliphatic heterocycles. The molecule has 0 aromatic rings. The molecule has 1 N–H and O–H groups in total. The number of aliphatic hydroxyl groups excluding tert-OH is 1. The average molecular weight is 144 g/mol. The van der Waals surface area contributed by atoms with Gasteiger partial charge in [0.15, 0.2) is 0 Å². The van der Waals surface area contributed by atoms with Crippen LogP contribution >= 0.6 is 0 Å². The Bertz CT molecular complexity index is 79.3. The zero-order chi connectivity index (χ0) is 7.98. The summed E-state index contributed by atoms with van der Waals surface area (Å²) in [6.07, 6.45) is -0.176. The fourth-order valence-electron chi connectivity index (χ4n) is 0.706. The summed E-state index contributed by atoms with van der Waals surface area (Å²) in [4.78, 5) is 0. The Labute approximate surface area is 63.6 Å². The first-order valence-electron chi connectivity index (χ1n) is 3.46. The van der Waals surface area contributed by atoms with Crippen LogP contribution < -0.4 is 0 Å². The minimum Gasteiger partial charge on any atom is -0.441 e. The molecular weight excluding hydrogens is 130 g/mol. The van der Waals surface area contributed by atoms with Gasteiger partial charge in [0, 0.05) is 6.00 Å². The SMILES string of the molecule is BOCC(CO)O[C@@H](B)C. The molecule has 0 aliphatic rings. The van der Waals surface area contributed by atoms with Crippen molar-refractivity contribution in [1.29, 1.82) is 0 Å². The summed E-state index contributed by atoms with van der Waals surface area (Å²) in [6, 6.07) is 0.146. The molecule has 0 rings (SSSR count). The van der Waals surface area contributed by atoms with Crippen molar-refractivity contribution in [3.63, 3.8) is 0 Å². The van der Waals surface area contributed by atoms with Gasteiger partial charge >= 0.3 is 0 Å². The van der Waals surface area contributed by atoms with Crippen LogP contribution in [0.3, 0.4) is 0 Å². The molecule has 5 heteroatoms. The highest BCUT2D eigenvalue weighted by atomic mass is 16.5. The molecule has 0 amide bonds. The molecular formula is C5H14B2O3. The lowest BCUT2D eigenvalue weighted by Gasteiger charge is -2.17. The maximum atomic E-state index is 8.70. The molecule has 10 heavy (non-hydrogen) atoms. The fraction of sp³-hybridized carbons (Fsp3) is 1.00. The summed E-state index contributed by atoms with van der Waals surface area (Å²) in [5, 5.41) is 8.70. The molecule has 0 aromatic carbocycles. The topological polar surface area (TPSA) is 38.7 Å². The van der Waals surface area contributed by atoms with Gasteiger partial charge in [-0.15, -0.1) is 0 Å². The smallest absolute Gasteiger partial charge is 0.257 e. The van der Waals surface area contributed by atoms with Crippen LogP contribution in [0.2, 0.25) is 0 Å². The standard InChI is InChI=1S/C5H14B2O3/c1-4(6)10-5(2-8)3-9-7/h4-5,8H,2-3,6-7H2,1H3/t4-,5?/m1/s1. The third-order valence-corrected chi connectivity index (χ3v) is 1.02. The lowest BCUT2D eigenvalue weighted by molar-refractivity contribution is -0.0216. The fourth-order valence-corrected chi connectivity index (χ4v) is 0.706. The molecule has 0 saturated heterocycles. The molecule has 0 heterocycles. The van der Waals surface area contributed by atoms with Gasteiger partial charge < -0.3 is 14.5 Å². The van der Waals surface area contributed by atoms with Crippen LogP contribution in [0.5, 0.6) is 0 Å². The van der Waals surface area contributed by atoms with Crippen molar-refractivity contribution < 1.29 is 14.5 Å². The highest BCUT2D eigenvalue weighted by Crippen LogP contribution is 1.94. The van der Waals surface area contributed by atoms with Gasteiger partial charge in [-0.05, 0) is 6.92 Å². The molecule has 58 valence electrons. The van der Waals surface area contributed by atoms with E-state index in [9.17, 15) is 0 Å². The Balaban J connectivity index is 3.39. The highest BCUT2D eigenvalue weighted by molar-refractivity contribution is 6.10. The van der Waals surface area contributed by atoms with E-state index < -0.39 is 0 Å². The lowest BCUT2D eigenvalue weighted by atomic mass is 10.0. The van der Waals surface area contributed by atoms with Gasteiger partial charge in [0.25, 0.3) is 8.05 Å². The molecule has 0 saturated carbocycles. The van der Waals surface area contributed by atoms with E-state index in [-0.39, 0.29) is 18.7 Å². The Hall–Kier alpha value is 0.00987. The second-order valence-electron chi connectivity index (χ2n) is 2.44. The normalized spacial score (nSPS) is 16.6. The van der Waals surface area contributed by atoms with E-state index in [1.54, 1.807) is 8.05 Å². The Kier molecular flexibility index (Phi) is 5.77. The number of hydrogen-bond donors (Lipinski definition) is 1. The number of aliphatic hydroxyl groups is 1. The van der Waals surface area contributed by atoms with Gasteiger partial charge in [-0.2, -0.15) is 0 Å². The molecule has 1 unspecified atom stereocenters. The van der Waals surface area contributed by atoms with Gasteiger partial charge in [-0.1, -0.05) is 0 Å². The van der Waals surface area contributed by atoms with E-state index in [1.807, 2.05) is 14.8 Å². The van der Waals surface area contributed by atoms with Crippen LogP contribution in [0.1, 0.15) is 6.92 Å². The Morgan fingerprint density at radius 3 is 2.50 bits per heavy atom. The van der Waals surface area contributed by atoms with Crippen molar-refractivity contribution in [1.82, 2.24) is 0 Å². The van der Waals surface area contributed by atoms with Crippen molar-refractivity contribution in [2.45, 2.75) is 19.0 Å². The summed E-state index contributed by atoms with van der Waals surface area (Å²) >= 11 is 0. The summed E-state index contributed by atoms with van der Waals surface area (Å²) < 4.78 is 10.1. The van der Waals surface area contributed by atoms with E-state index in [1.165, 1.54) is 0 Å². The van der Waals surface area contributed by atoms with Crippen LogP contribution in [-0.2, 0) is 9.39 Å². The van der Waals surface area contributed by atoms with Gasteiger partial charge in [0.2, 0.25) is 0 Å². The van der Waals surface area contributed by atoms with E-state index in [4.69, 9.17) is 14.5 Å². The maximum absolute atomic E-state index is 8.70. The maximum Gasteiger partial charge on any atom is 0.257 e. The third-order valence-electron chi connectivity index (χ3n) is 1.02. The quantitative estimate of drug-likeness (QED) is 0.449. The Morgan fingerprint density at radius 2 is 2.20 bits per heavy atom. The molecule has 2 atom stereocenters. The Morgan fingerprint density at radius 1 is 1.60 bits per heavy atom. The number of rotatable bonds is 5. The van der Waals surface area contributed by atoms with E-state index >= 15 is 0 Å². The largest absolute Gasteiger partial charge is 0.441 e. The minimum absolute atomic E-state index is 0.0199. The lowest BCUT2D eigenvalue weighted by Crippen LogP contribution is -2.27. The molecule has 0 bridgehead atoms. The van der Waals surface area contributed by atoms with Crippen molar-refractivity contribution in [2.75, 3.05) is 13.2 Å². The predicted octanol–water partition coefficient (Wildman–Crippen LogP) is -2.09.